The second-order valence-corrected chi connectivity index (χ2v) is 14.5. The van der Waals surface area contributed by atoms with Crippen LogP contribution < -0.4 is 0 Å². The third-order valence-corrected chi connectivity index (χ3v) is 12.9. The molecule has 0 aliphatic heterocycles. The molecule has 0 fully saturated rings. The molecule has 4 nitrogen and oxygen atoms in total. The Labute approximate surface area is 228 Å². The highest BCUT2D eigenvalue weighted by Crippen LogP contribution is 2.48. The van der Waals surface area contributed by atoms with Gasteiger partial charge in [-0.15, -0.1) is 68.0 Å². The highest BCUT2D eigenvalue weighted by atomic mass is 32.1. The number of aromatic nitrogens is 4. The normalized spacial score (nSPS) is 11.9. The zero-order chi connectivity index (χ0) is 23.6. The lowest BCUT2D eigenvalue weighted by molar-refractivity contribution is 1.19. The number of rotatable bonds is 4. The number of nitrogens with zero attached hydrogens (tertiary/aromatic N) is 4. The Morgan fingerprint density at radius 3 is 0.889 bits per heavy atom. The van der Waals surface area contributed by atoms with Gasteiger partial charge in [0.2, 0.25) is 0 Å². The van der Waals surface area contributed by atoms with Gasteiger partial charge in [0, 0.05) is 72.5 Å². The van der Waals surface area contributed by atoms with Crippen LogP contribution in [0.1, 0.15) is 0 Å². The van der Waals surface area contributed by atoms with Crippen LogP contribution in [0, 0.1) is 0 Å². The molecule has 172 valence electrons. The van der Waals surface area contributed by atoms with Crippen LogP contribution in [0.5, 0.6) is 0 Å². The molecule has 0 amide bonds. The summed E-state index contributed by atoms with van der Waals surface area (Å²) in [5.41, 5.74) is 0. The molecule has 8 heterocycles. The molecule has 0 unspecified atom stereocenters. The fourth-order valence-electron chi connectivity index (χ4n) is 4.07. The van der Waals surface area contributed by atoms with E-state index < -0.39 is 0 Å². The summed E-state index contributed by atoms with van der Waals surface area (Å²) in [4.78, 5) is 25.2. The average Bonchev–Trinajstić information content (AvgIpc) is 3.71. The molecule has 8 rings (SSSR count). The molecule has 0 spiro atoms. The topological polar surface area (TPSA) is 51.6 Å². The second-order valence-electron chi connectivity index (χ2n) is 7.99. The number of hydrogen-bond donors (Lipinski definition) is 0. The minimum Gasteiger partial charge on any atom is -0.236 e. The van der Waals surface area contributed by atoms with Crippen molar-refractivity contribution < 1.29 is 0 Å². The summed E-state index contributed by atoms with van der Waals surface area (Å²) >= 11 is 11.0. The van der Waals surface area contributed by atoms with E-state index in [-0.39, 0.29) is 0 Å². The van der Waals surface area contributed by atoms with Crippen molar-refractivity contribution in [2.45, 2.75) is 0 Å². The summed E-state index contributed by atoms with van der Waals surface area (Å²) in [5, 5.41) is 0. The summed E-state index contributed by atoms with van der Waals surface area (Å²) < 4.78 is 7.91. The van der Waals surface area contributed by atoms with Gasteiger partial charge >= 0.3 is 0 Å². The summed E-state index contributed by atoms with van der Waals surface area (Å²) in [5.74, 6) is 1.60. The molecule has 0 atom stereocenters. The lowest BCUT2D eigenvalue weighted by atomic mass is 10.3. The largest absolute Gasteiger partial charge is 0.236 e. The van der Waals surface area contributed by atoms with Crippen LogP contribution >= 0.6 is 68.0 Å². The van der Waals surface area contributed by atoms with Crippen molar-refractivity contribution in [3.63, 3.8) is 0 Å². The zero-order valence-electron chi connectivity index (χ0n) is 18.2. The molecule has 0 aliphatic rings. The van der Waals surface area contributed by atoms with Crippen molar-refractivity contribution in [1.29, 1.82) is 0 Å². The summed E-state index contributed by atoms with van der Waals surface area (Å²) in [6, 6.07) is 17.5. The Morgan fingerprint density at radius 1 is 0.333 bits per heavy atom. The van der Waals surface area contributed by atoms with Crippen molar-refractivity contribution in [2.75, 3.05) is 0 Å². The Balaban J connectivity index is 1.09. The lowest BCUT2D eigenvalue weighted by Crippen LogP contribution is -1.81. The molecular weight excluding hydrogens is 561 g/mol. The average molecular weight is 573 g/mol. The molecule has 8 aromatic rings. The van der Waals surface area contributed by atoms with Gasteiger partial charge in [-0.25, -0.2) is 19.9 Å². The van der Waals surface area contributed by atoms with Crippen LogP contribution in [-0.4, -0.2) is 19.9 Å². The fourth-order valence-corrected chi connectivity index (χ4v) is 11.3. The van der Waals surface area contributed by atoms with Gasteiger partial charge in [-0.2, -0.15) is 0 Å². The predicted octanol–water partition coefficient (Wildman–Crippen LogP) is 9.76. The lowest BCUT2D eigenvalue weighted by Gasteiger charge is -1.93. The Bertz CT molecular complexity index is 1770. The highest BCUT2D eigenvalue weighted by molar-refractivity contribution is 7.36. The monoisotopic (exact) mass is 572 g/mol. The number of thiophene rings is 6. The Hall–Kier alpha value is -2.86. The van der Waals surface area contributed by atoms with Crippen LogP contribution in [0.4, 0.5) is 0 Å². The molecule has 36 heavy (non-hydrogen) atoms. The minimum absolute atomic E-state index is 0.801. The zero-order valence-corrected chi connectivity index (χ0v) is 23.1. The van der Waals surface area contributed by atoms with Gasteiger partial charge in [0.25, 0.3) is 0 Å². The van der Waals surface area contributed by atoms with Crippen molar-refractivity contribution in [3.05, 3.63) is 73.3 Å². The van der Waals surface area contributed by atoms with Crippen molar-refractivity contribution >= 4 is 96.2 Å². The molecule has 0 bridgehead atoms. The highest BCUT2D eigenvalue weighted by Gasteiger charge is 2.16. The van der Waals surface area contributed by atoms with Crippen molar-refractivity contribution in [2.24, 2.45) is 0 Å². The molecule has 0 N–H and O–H groups in total. The molecule has 0 aliphatic carbocycles. The maximum Gasteiger partial charge on any atom is 0.169 e. The van der Waals surface area contributed by atoms with Crippen molar-refractivity contribution in [3.8, 4) is 40.9 Å². The smallest absolute Gasteiger partial charge is 0.169 e. The minimum atomic E-state index is 0.801. The van der Waals surface area contributed by atoms with Gasteiger partial charge in [0.1, 0.15) is 0 Å². The van der Waals surface area contributed by atoms with Gasteiger partial charge < -0.3 is 0 Å². The van der Waals surface area contributed by atoms with Crippen LogP contribution in [0.3, 0.4) is 0 Å². The van der Waals surface area contributed by atoms with Gasteiger partial charge in [0.15, 0.2) is 11.6 Å². The van der Waals surface area contributed by atoms with E-state index in [2.05, 4.69) is 56.3 Å². The van der Waals surface area contributed by atoms with Crippen molar-refractivity contribution in [1.82, 2.24) is 19.9 Å². The SMILES string of the molecule is c1cnc(-c2cc3sc(-c4cc5sc(-c6cc7sc(-c8ncccn8)cc7s6)cc5s4)cc3s2)nc1. The van der Waals surface area contributed by atoms with E-state index in [9.17, 15) is 0 Å². The number of fused-ring (bicyclic) bond motifs is 3. The molecule has 0 saturated heterocycles. The van der Waals surface area contributed by atoms with Gasteiger partial charge in [-0.1, -0.05) is 0 Å². The first kappa shape index (κ1) is 21.2. The summed E-state index contributed by atoms with van der Waals surface area (Å²) in [6.45, 7) is 0. The first-order valence-electron chi connectivity index (χ1n) is 10.9. The van der Waals surface area contributed by atoms with Crippen LogP contribution in [0.2, 0.25) is 0 Å². The molecular formula is C26H12N4S6. The maximum atomic E-state index is 4.39. The molecule has 0 radical (unpaired) electrons. The van der Waals surface area contributed by atoms with E-state index in [1.807, 2.05) is 57.5 Å². The summed E-state index contributed by atoms with van der Waals surface area (Å²) in [7, 11) is 0. The molecule has 8 aromatic heterocycles. The van der Waals surface area contributed by atoms with Crippen LogP contribution in [0.25, 0.3) is 69.1 Å². The Kier molecular flexibility index (Phi) is 4.92. The number of hydrogen-bond acceptors (Lipinski definition) is 10. The van der Waals surface area contributed by atoms with E-state index >= 15 is 0 Å². The van der Waals surface area contributed by atoms with E-state index in [0.717, 1.165) is 21.4 Å². The van der Waals surface area contributed by atoms with Gasteiger partial charge in [-0.3, -0.25) is 0 Å². The quantitative estimate of drug-likeness (QED) is 0.211. The van der Waals surface area contributed by atoms with Crippen LogP contribution in [0.15, 0.2) is 73.3 Å². The molecule has 10 heteroatoms. The maximum absolute atomic E-state index is 4.39. The fraction of sp³-hybridized carbons (Fsp3) is 0. The van der Waals surface area contributed by atoms with E-state index in [0.29, 0.717) is 0 Å². The third kappa shape index (κ3) is 3.56. The van der Waals surface area contributed by atoms with E-state index in [4.69, 9.17) is 0 Å². The Morgan fingerprint density at radius 2 is 0.583 bits per heavy atom. The molecule has 0 aromatic carbocycles. The molecule has 0 saturated carbocycles. The van der Waals surface area contributed by atoms with Crippen LogP contribution in [-0.2, 0) is 0 Å². The third-order valence-electron chi connectivity index (χ3n) is 5.68. The second kappa shape index (κ2) is 8.34. The summed E-state index contributed by atoms with van der Waals surface area (Å²) in [6.07, 6.45) is 7.18. The standard InChI is InChI=1S/C26H12N4S6/c1-3-27-25(28-4-1)23-11-21-19(35-23)9-17(33-21)15-7-13-14(31-15)8-16(32-13)18-10-20-22(34-18)12-24(36-20)26-29-5-2-6-30-26/h1-12H. The van der Waals surface area contributed by atoms with E-state index in [1.165, 1.54) is 47.7 Å². The first-order chi connectivity index (χ1) is 17.8. The van der Waals surface area contributed by atoms with E-state index in [1.54, 1.807) is 47.5 Å². The first-order valence-corrected chi connectivity index (χ1v) is 15.8. The predicted molar refractivity (Wildman–Crippen MR) is 159 cm³/mol. The van der Waals surface area contributed by atoms with Gasteiger partial charge in [-0.05, 0) is 48.5 Å². The van der Waals surface area contributed by atoms with Gasteiger partial charge in [0.05, 0.1) is 9.75 Å².